The van der Waals surface area contributed by atoms with Gasteiger partial charge >= 0.3 is 0 Å². The molecular formula is C8H12N2O2. The highest BCUT2D eigenvalue weighted by molar-refractivity contribution is 5.77. The zero-order valence-corrected chi connectivity index (χ0v) is 6.96. The number of carbonyl (C=O) groups excluding carboxylic acids is 1. The number of aryl methyl sites for hydroxylation is 1. The molecule has 0 bridgehead atoms. The number of amides is 1. The Kier molecular flexibility index (Phi) is 2.88. The normalized spacial score (nSPS) is 9.83. The maximum atomic E-state index is 10.7. The molecule has 1 aromatic rings. The van der Waals surface area contributed by atoms with E-state index in [1.54, 1.807) is 6.26 Å². The lowest BCUT2D eigenvalue weighted by molar-refractivity contribution is -0.119. The van der Waals surface area contributed by atoms with Gasteiger partial charge in [0.25, 0.3) is 0 Å². The molecule has 12 heavy (non-hydrogen) atoms. The molecule has 1 rings (SSSR count). The molecule has 66 valence electrons. The molecule has 0 fully saturated rings. The number of nitrogens with two attached hydrogens (primary N) is 1. The minimum Gasteiger partial charge on any atom is -0.467 e. The van der Waals surface area contributed by atoms with Crippen LogP contribution in [-0.2, 0) is 11.3 Å². The molecule has 1 heterocycles. The highest BCUT2D eigenvalue weighted by Gasteiger charge is 2.02. The number of furan rings is 1. The molecule has 0 saturated heterocycles. The van der Waals surface area contributed by atoms with E-state index in [0.717, 1.165) is 11.3 Å². The Morgan fingerprint density at radius 3 is 3.00 bits per heavy atom. The molecule has 0 aromatic carbocycles. The monoisotopic (exact) mass is 168 g/mol. The van der Waals surface area contributed by atoms with Gasteiger partial charge in [-0.1, -0.05) is 0 Å². The van der Waals surface area contributed by atoms with Crippen molar-refractivity contribution in [2.75, 3.05) is 6.54 Å². The lowest BCUT2D eigenvalue weighted by Gasteiger charge is -2.00. The second-order valence-corrected chi connectivity index (χ2v) is 2.51. The molecule has 0 aliphatic rings. The summed E-state index contributed by atoms with van der Waals surface area (Å²) in [6, 6.07) is 1.85. The molecule has 0 saturated carbocycles. The van der Waals surface area contributed by atoms with Crippen molar-refractivity contribution in [2.24, 2.45) is 5.73 Å². The number of hydrogen-bond donors (Lipinski definition) is 2. The van der Waals surface area contributed by atoms with Crippen LogP contribution in [0.3, 0.4) is 0 Å². The minimum atomic E-state index is -0.175. The van der Waals surface area contributed by atoms with Crippen LogP contribution in [0.25, 0.3) is 0 Å². The van der Waals surface area contributed by atoms with Crippen LogP contribution in [0.5, 0.6) is 0 Å². The van der Waals surface area contributed by atoms with Crippen LogP contribution in [0.15, 0.2) is 16.7 Å². The van der Waals surface area contributed by atoms with Crippen molar-refractivity contribution in [1.29, 1.82) is 0 Å². The van der Waals surface area contributed by atoms with Gasteiger partial charge in [-0.15, -0.1) is 0 Å². The Balaban J connectivity index is 2.43. The summed E-state index contributed by atoms with van der Waals surface area (Å²) >= 11 is 0. The highest BCUT2D eigenvalue weighted by Crippen LogP contribution is 2.07. The highest BCUT2D eigenvalue weighted by atomic mass is 16.3. The molecule has 1 amide bonds. The second kappa shape index (κ2) is 3.92. The van der Waals surface area contributed by atoms with Crippen LogP contribution in [0.2, 0.25) is 0 Å². The molecule has 4 heteroatoms. The quantitative estimate of drug-likeness (QED) is 0.675. The van der Waals surface area contributed by atoms with Crippen LogP contribution < -0.4 is 11.1 Å². The first-order chi connectivity index (χ1) is 5.74. The Labute approximate surface area is 70.7 Å². The Morgan fingerprint density at radius 1 is 1.75 bits per heavy atom. The maximum Gasteiger partial charge on any atom is 0.234 e. The largest absolute Gasteiger partial charge is 0.467 e. The maximum absolute atomic E-state index is 10.7. The summed E-state index contributed by atoms with van der Waals surface area (Å²) in [5.74, 6) is 0.600. The Hall–Kier alpha value is -1.29. The average Bonchev–Trinajstić information content (AvgIpc) is 2.47. The molecule has 0 spiro atoms. The van der Waals surface area contributed by atoms with E-state index in [1.165, 1.54) is 0 Å². The van der Waals surface area contributed by atoms with E-state index >= 15 is 0 Å². The third-order valence-corrected chi connectivity index (χ3v) is 1.60. The van der Waals surface area contributed by atoms with Crippen molar-refractivity contribution in [3.05, 3.63) is 23.7 Å². The molecule has 1 aromatic heterocycles. The molecule has 3 N–H and O–H groups in total. The van der Waals surface area contributed by atoms with Gasteiger partial charge in [-0.25, -0.2) is 0 Å². The number of carbonyl (C=O) groups is 1. The van der Waals surface area contributed by atoms with Gasteiger partial charge in [-0.3, -0.25) is 4.79 Å². The average molecular weight is 168 g/mol. The fourth-order valence-corrected chi connectivity index (χ4v) is 0.836. The lowest BCUT2D eigenvalue weighted by atomic mass is 10.3. The molecule has 0 aliphatic carbocycles. The summed E-state index contributed by atoms with van der Waals surface area (Å²) in [6.45, 7) is 2.35. The predicted octanol–water partition coefficient (Wildman–Crippen LogP) is 0.163. The zero-order chi connectivity index (χ0) is 8.97. The minimum absolute atomic E-state index is 0.0136. The van der Waals surface area contributed by atoms with Crippen molar-refractivity contribution in [2.45, 2.75) is 13.5 Å². The van der Waals surface area contributed by atoms with Crippen molar-refractivity contribution in [3.63, 3.8) is 0 Å². The van der Waals surface area contributed by atoms with Crippen LogP contribution in [-0.4, -0.2) is 12.5 Å². The van der Waals surface area contributed by atoms with E-state index in [9.17, 15) is 4.79 Å². The first-order valence-electron chi connectivity index (χ1n) is 3.73. The summed E-state index contributed by atoms with van der Waals surface area (Å²) in [4.78, 5) is 10.7. The van der Waals surface area contributed by atoms with Gasteiger partial charge in [-0.2, -0.15) is 0 Å². The van der Waals surface area contributed by atoms with Crippen molar-refractivity contribution in [3.8, 4) is 0 Å². The Bertz CT molecular complexity index is 268. The summed E-state index contributed by atoms with van der Waals surface area (Å²) in [6.07, 6.45) is 1.60. The predicted molar refractivity (Wildman–Crippen MR) is 44.3 cm³/mol. The second-order valence-electron chi connectivity index (χ2n) is 2.51. The fraction of sp³-hybridized carbons (Fsp3) is 0.375. The molecule has 0 aliphatic heterocycles. The number of rotatable bonds is 3. The summed E-state index contributed by atoms with van der Waals surface area (Å²) in [7, 11) is 0. The van der Waals surface area contributed by atoms with E-state index in [1.807, 2.05) is 13.0 Å². The first kappa shape index (κ1) is 8.80. The van der Waals surface area contributed by atoms with E-state index in [2.05, 4.69) is 5.32 Å². The molecule has 0 atom stereocenters. The van der Waals surface area contributed by atoms with Crippen molar-refractivity contribution < 1.29 is 9.21 Å². The zero-order valence-electron chi connectivity index (χ0n) is 6.96. The van der Waals surface area contributed by atoms with E-state index in [4.69, 9.17) is 10.2 Å². The van der Waals surface area contributed by atoms with Gasteiger partial charge in [0.15, 0.2) is 0 Å². The SMILES string of the molecule is Cc1ccoc1CNC(=O)CN. The molecule has 0 radical (unpaired) electrons. The van der Waals surface area contributed by atoms with E-state index < -0.39 is 0 Å². The van der Waals surface area contributed by atoms with Gasteiger partial charge in [0.2, 0.25) is 5.91 Å². The van der Waals surface area contributed by atoms with Crippen LogP contribution in [0, 0.1) is 6.92 Å². The smallest absolute Gasteiger partial charge is 0.234 e. The number of hydrogen-bond acceptors (Lipinski definition) is 3. The van der Waals surface area contributed by atoms with Gasteiger partial charge < -0.3 is 15.5 Å². The lowest BCUT2D eigenvalue weighted by Crippen LogP contribution is -2.29. The standard InChI is InChI=1S/C8H12N2O2/c1-6-2-3-12-7(6)5-10-8(11)4-9/h2-3H,4-5,9H2,1H3,(H,10,11). The van der Waals surface area contributed by atoms with Crippen LogP contribution >= 0.6 is 0 Å². The third-order valence-electron chi connectivity index (χ3n) is 1.60. The van der Waals surface area contributed by atoms with E-state index in [0.29, 0.717) is 6.54 Å². The van der Waals surface area contributed by atoms with Gasteiger partial charge in [0, 0.05) is 0 Å². The van der Waals surface area contributed by atoms with Crippen LogP contribution in [0.4, 0.5) is 0 Å². The van der Waals surface area contributed by atoms with Gasteiger partial charge in [0.05, 0.1) is 19.4 Å². The molecule has 0 unspecified atom stereocenters. The third kappa shape index (κ3) is 2.10. The van der Waals surface area contributed by atoms with Gasteiger partial charge in [0.1, 0.15) is 5.76 Å². The van der Waals surface area contributed by atoms with Crippen LogP contribution in [0.1, 0.15) is 11.3 Å². The van der Waals surface area contributed by atoms with Crippen molar-refractivity contribution in [1.82, 2.24) is 5.32 Å². The number of nitrogens with one attached hydrogen (secondary N) is 1. The summed E-state index contributed by atoms with van der Waals surface area (Å²) < 4.78 is 5.10. The molecule has 4 nitrogen and oxygen atoms in total. The summed E-state index contributed by atoms with van der Waals surface area (Å²) in [5.41, 5.74) is 6.14. The van der Waals surface area contributed by atoms with E-state index in [-0.39, 0.29) is 12.5 Å². The van der Waals surface area contributed by atoms with Crippen molar-refractivity contribution >= 4 is 5.91 Å². The molecular weight excluding hydrogens is 156 g/mol. The summed E-state index contributed by atoms with van der Waals surface area (Å²) in [5, 5.41) is 2.62. The topological polar surface area (TPSA) is 68.3 Å². The fourth-order valence-electron chi connectivity index (χ4n) is 0.836. The van der Waals surface area contributed by atoms with Gasteiger partial charge in [-0.05, 0) is 18.6 Å². The first-order valence-corrected chi connectivity index (χ1v) is 3.73. The Morgan fingerprint density at radius 2 is 2.50 bits per heavy atom.